The second-order valence-corrected chi connectivity index (χ2v) is 5.71. The lowest BCUT2D eigenvalue weighted by Gasteiger charge is -2.21. The zero-order valence-electron chi connectivity index (χ0n) is 13.0. The van der Waals surface area contributed by atoms with Crippen LogP contribution >= 0.6 is 0 Å². The van der Waals surface area contributed by atoms with E-state index >= 15 is 0 Å². The van der Waals surface area contributed by atoms with Crippen LogP contribution in [0.1, 0.15) is 25.3 Å². The molecule has 0 amide bonds. The van der Waals surface area contributed by atoms with Crippen LogP contribution in [0.2, 0.25) is 0 Å². The molecule has 2 rings (SSSR count). The van der Waals surface area contributed by atoms with E-state index in [9.17, 15) is 9.90 Å². The second kappa shape index (κ2) is 6.35. The molecule has 1 aliphatic heterocycles. The normalized spacial score (nSPS) is 22.5. The van der Waals surface area contributed by atoms with Crippen LogP contribution in [-0.2, 0) is 4.79 Å². The fourth-order valence-corrected chi connectivity index (χ4v) is 2.95. The molecule has 1 fully saturated rings. The molecule has 0 saturated carbocycles. The van der Waals surface area contributed by atoms with Crippen molar-refractivity contribution in [3.63, 3.8) is 0 Å². The van der Waals surface area contributed by atoms with Gasteiger partial charge in [-0.2, -0.15) is 0 Å². The third-order valence-corrected chi connectivity index (χ3v) is 4.24. The van der Waals surface area contributed by atoms with Crippen molar-refractivity contribution in [2.45, 2.75) is 25.8 Å². The Kier molecular flexibility index (Phi) is 4.73. The van der Waals surface area contributed by atoms with E-state index in [4.69, 9.17) is 9.47 Å². The van der Waals surface area contributed by atoms with Gasteiger partial charge in [0, 0.05) is 31.1 Å². The first-order valence-electron chi connectivity index (χ1n) is 7.16. The van der Waals surface area contributed by atoms with Crippen molar-refractivity contribution >= 4 is 5.97 Å². The van der Waals surface area contributed by atoms with Gasteiger partial charge >= 0.3 is 5.97 Å². The minimum absolute atomic E-state index is 0.0641. The van der Waals surface area contributed by atoms with Crippen molar-refractivity contribution in [3.8, 4) is 11.5 Å². The molecule has 1 aromatic carbocycles. The fraction of sp³-hybridized carbons (Fsp3) is 0.562. The van der Waals surface area contributed by atoms with Gasteiger partial charge in [0.2, 0.25) is 0 Å². The zero-order chi connectivity index (χ0) is 15.6. The number of methoxy groups -OCH3 is 2. The van der Waals surface area contributed by atoms with E-state index < -0.39 is 11.9 Å². The molecule has 1 N–H and O–H groups in total. The molecule has 1 saturated heterocycles. The summed E-state index contributed by atoms with van der Waals surface area (Å²) in [5.74, 6) is 0.180. The lowest BCUT2D eigenvalue weighted by molar-refractivity contribution is -0.141. The maximum Gasteiger partial charge on any atom is 0.308 e. The summed E-state index contributed by atoms with van der Waals surface area (Å²) in [4.78, 5) is 13.8. The molecular formula is C16H23NO4. The van der Waals surface area contributed by atoms with Gasteiger partial charge in [0.05, 0.1) is 20.1 Å². The van der Waals surface area contributed by atoms with Crippen molar-refractivity contribution in [1.82, 2.24) is 4.90 Å². The number of carbonyl (C=O) groups is 1. The quantitative estimate of drug-likeness (QED) is 0.902. The first-order chi connectivity index (χ1) is 9.97. The van der Waals surface area contributed by atoms with E-state index in [1.807, 2.05) is 18.2 Å². The Balaban J connectivity index is 2.36. The number of carboxylic acid groups (broad SMARTS) is 1. The van der Waals surface area contributed by atoms with Gasteiger partial charge < -0.3 is 14.6 Å². The largest absolute Gasteiger partial charge is 0.497 e. The minimum Gasteiger partial charge on any atom is -0.497 e. The van der Waals surface area contributed by atoms with Crippen molar-refractivity contribution in [2.24, 2.45) is 5.92 Å². The summed E-state index contributed by atoms with van der Waals surface area (Å²) in [6.45, 7) is 5.49. The Morgan fingerprint density at radius 2 is 2.00 bits per heavy atom. The lowest BCUT2D eigenvalue weighted by Crippen LogP contribution is -2.29. The van der Waals surface area contributed by atoms with Crippen LogP contribution in [-0.4, -0.2) is 49.3 Å². The third kappa shape index (κ3) is 3.13. The third-order valence-electron chi connectivity index (χ3n) is 4.24. The van der Waals surface area contributed by atoms with Gasteiger partial charge in [-0.15, -0.1) is 0 Å². The summed E-state index contributed by atoms with van der Waals surface area (Å²) in [7, 11) is 3.20. The van der Waals surface area contributed by atoms with E-state index in [1.165, 1.54) is 0 Å². The van der Waals surface area contributed by atoms with Crippen LogP contribution in [0.5, 0.6) is 11.5 Å². The average molecular weight is 293 g/mol. The van der Waals surface area contributed by atoms with Gasteiger partial charge in [0.25, 0.3) is 0 Å². The first-order valence-corrected chi connectivity index (χ1v) is 7.16. The predicted molar refractivity (Wildman–Crippen MR) is 80.1 cm³/mol. The number of ether oxygens (including phenoxy) is 2. The summed E-state index contributed by atoms with van der Waals surface area (Å²) in [5, 5.41) is 9.52. The molecule has 5 heteroatoms. The summed E-state index contributed by atoms with van der Waals surface area (Å²) >= 11 is 0. The van der Waals surface area contributed by atoms with Crippen LogP contribution in [0, 0.1) is 5.92 Å². The molecule has 0 aromatic heterocycles. The number of carboxylic acids is 1. The number of benzene rings is 1. The van der Waals surface area contributed by atoms with Crippen LogP contribution in [0.25, 0.3) is 0 Å². The molecule has 2 unspecified atom stereocenters. The summed E-state index contributed by atoms with van der Waals surface area (Å²) in [5.41, 5.74) is 0.939. The van der Waals surface area contributed by atoms with E-state index in [0.29, 0.717) is 24.1 Å². The van der Waals surface area contributed by atoms with E-state index in [1.54, 1.807) is 14.2 Å². The Labute approximate surface area is 125 Å². The Hall–Kier alpha value is -1.75. The van der Waals surface area contributed by atoms with Crippen molar-refractivity contribution in [3.05, 3.63) is 23.8 Å². The van der Waals surface area contributed by atoms with E-state index in [-0.39, 0.29) is 5.92 Å². The van der Waals surface area contributed by atoms with Crippen LogP contribution in [0.4, 0.5) is 0 Å². The van der Waals surface area contributed by atoms with Gasteiger partial charge in [-0.25, -0.2) is 0 Å². The number of hydrogen-bond acceptors (Lipinski definition) is 4. The van der Waals surface area contributed by atoms with Gasteiger partial charge in [0.1, 0.15) is 11.5 Å². The molecular weight excluding hydrogens is 270 g/mol. The molecule has 0 bridgehead atoms. The number of nitrogens with zero attached hydrogens (tertiary/aromatic N) is 1. The van der Waals surface area contributed by atoms with Crippen molar-refractivity contribution in [2.75, 3.05) is 27.3 Å². The Morgan fingerprint density at radius 3 is 2.52 bits per heavy atom. The van der Waals surface area contributed by atoms with Crippen molar-refractivity contribution in [1.29, 1.82) is 0 Å². The molecule has 0 radical (unpaired) electrons. The van der Waals surface area contributed by atoms with E-state index in [2.05, 4.69) is 18.7 Å². The summed E-state index contributed by atoms with van der Waals surface area (Å²) in [6, 6.07) is 5.92. The maximum absolute atomic E-state index is 11.6. The molecule has 21 heavy (non-hydrogen) atoms. The topological polar surface area (TPSA) is 59.0 Å². The molecule has 1 aromatic rings. The minimum atomic E-state index is -0.749. The first kappa shape index (κ1) is 15.6. The predicted octanol–water partition coefficient (Wildman–Crippen LogP) is 2.21. The number of rotatable bonds is 5. The molecule has 1 aliphatic rings. The zero-order valence-corrected chi connectivity index (χ0v) is 13.0. The molecule has 0 spiro atoms. The summed E-state index contributed by atoms with van der Waals surface area (Å²) in [6.07, 6.45) is 0. The monoisotopic (exact) mass is 293 g/mol. The second-order valence-electron chi connectivity index (χ2n) is 5.71. The Morgan fingerprint density at radius 1 is 1.29 bits per heavy atom. The standard InChI is InChI=1S/C16H23NO4/c1-10(2)17-8-13(14(9-17)16(18)19)12-6-5-11(20-3)7-15(12)21-4/h5-7,10,13-14H,8-9H2,1-4H3,(H,18,19). The molecule has 2 atom stereocenters. The van der Waals surface area contributed by atoms with Gasteiger partial charge in [-0.05, 0) is 25.5 Å². The SMILES string of the molecule is COc1ccc(C2CN(C(C)C)CC2C(=O)O)c(OC)c1. The van der Waals surface area contributed by atoms with Crippen LogP contribution in [0.3, 0.4) is 0 Å². The van der Waals surface area contributed by atoms with Gasteiger partial charge in [-0.1, -0.05) is 6.07 Å². The number of aliphatic carboxylic acids is 1. The van der Waals surface area contributed by atoms with Gasteiger partial charge in [-0.3, -0.25) is 9.69 Å². The summed E-state index contributed by atoms with van der Waals surface area (Å²) < 4.78 is 10.6. The number of hydrogen-bond donors (Lipinski definition) is 1. The average Bonchev–Trinajstić information content (AvgIpc) is 2.91. The molecule has 0 aliphatic carbocycles. The lowest BCUT2D eigenvalue weighted by atomic mass is 9.88. The fourth-order valence-electron chi connectivity index (χ4n) is 2.95. The van der Waals surface area contributed by atoms with Crippen molar-refractivity contribution < 1.29 is 19.4 Å². The highest BCUT2D eigenvalue weighted by Gasteiger charge is 2.40. The highest BCUT2D eigenvalue weighted by atomic mass is 16.5. The highest BCUT2D eigenvalue weighted by molar-refractivity contribution is 5.72. The molecule has 1 heterocycles. The van der Waals surface area contributed by atoms with E-state index in [0.717, 1.165) is 12.1 Å². The molecule has 5 nitrogen and oxygen atoms in total. The maximum atomic E-state index is 11.6. The van der Waals surface area contributed by atoms with Gasteiger partial charge in [0.15, 0.2) is 0 Å². The molecule has 116 valence electrons. The highest BCUT2D eigenvalue weighted by Crippen LogP contribution is 2.39. The van der Waals surface area contributed by atoms with Crippen LogP contribution in [0.15, 0.2) is 18.2 Å². The smallest absolute Gasteiger partial charge is 0.308 e. The van der Waals surface area contributed by atoms with Crippen LogP contribution < -0.4 is 9.47 Å². The number of likely N-dealkylation sites (tertiary alicyclic amines) is 1. The Bertz CT molecular complexity index is 515.